The highest BCUT2D eigenvalue weighted by atomic mass is 32.2. The molecule has 2 aromatic carbocycles. The summed E-state index contributed by atoms with van der Waals surface area (Å²) in [7, 11) is -3.43. The van der Waals surface area contributed by atoms with E-state index in [0.29, 0.717) is 23.4 Å². The van der Waals surface area contributed by atoms with Crippen LogP contribution in [-0.2, 0) is 26.1 Å². The number of fused-ring (bicyclic) bond motifs is 3. The summed E-state index contributed by atoms with van der Waals surface area (Å²) in [5, 5.41) is 12.5. The topological polar surface area (TPSA) is 114 Å². The van der Waals surface area contributed by atoms with Gasteiger partial charge in [-0.1, -0.05) is 18.2 Å². The average molecular weight is 465 g/mol. The van der Waals surface area contributed by atoms with Crippen molar-refractivity contribution < 1.29 is 32.2 Å². The Kier molecular flexibility index (Phi) is 6.36. The first-order valence-electron chi connectivity index (χ1n) is 10.3. The van der Waals surface area contributed by atoms with Crippen molar-refractivity contribution in [1.82, 2.24) is 5.32 Å². The van der Waals surface area contributed by atoms with Crippen LogP contribution in [0.2, 0.25) is 0 Å². The minimum absolute atomic E-state index is 0.0464. The van der Waals surface area contributed by atoms with Crippen LogP contribution in [0.1, 0.15) is 29.9 Å². The fraction of sp³-hybridized carbons (Fsp3) is 0.409. The fourth-order valence-corrected chi connectivity index (χ4v) is 4.84. The van der Waals surface area contributed by atoms with Gasteiger partial charge in [-0.15, -0.1) is 0 Å². The number of hydrogen-bond donors (Lipinski definition) is 3. The Morgan fingerprint density at radius 2 is 2.03 bits per heavy atom. The number of halogens is 1. The van der Waals surface area contributed by atoms with Crippen LogP contribution in [0.15, 0.2) is 42.5 Å². The first kappa shape index (κ1) is 22.5. The summed E-state index contributed by atoms with van der Waals surface area (Å²) >= 11 is 0. The molecule has 0 aromatic heterocycles. The molecule has 8 nitrogen and oxygen atoms in total. The summed E-state index contributed by atoms with van der Waals surface area (Å²) in [4.78, 5) is 12.5. The number of ether oxygens (including phenoxy) is 2. The molecule has 0 unspecified atom stereocenters. The Balaban J connectivity index is 1.45. The third kappa shape index (κ3) is 5.03. The Bertz CT molecular complexity index is 1110. The van der Waals surface area contributed by atoms with E-state index in [1.54, 1.807) is 36.4 Å². The molecule has 0 radical (unpaired) electrons. The van der Waals surface area contributed by atoms with E-state index >= 15 is 0 Å². The van der Waals surface area contributed by atoms with E-state index in [2.05, 4.69) is 10.0 Å². The van der Waals surface area contributed by atoms with Gasteiger partial charge in [-0.2, -0.15) is 0 Å². The number of sulfonamides is 1. The van der Waals surface area contributed by atoms with Gasteiger partial charge in [-0.05, 0) is 30.7 Å². The van der Waals surface area contributed by atoms with E-state index in [1.807, 2.05) is 0 Å². The molecule has 10 heteroatoms. The van der Waals surface area contributed by atoms with Gasteiger partial charge in [0.15, 0.2) is 0 Å². The third-order valence-electron chi connectivity index (χ3n) is 5.65. The molecule has 2 aliphatic heterocycles. The maximum atomic E-state index is 13.8. The summed E-state index contributed by atoms with van der Waals surface area (Å²) in [5.41, 5.74) is 1.62. The van der Waals surface area contributed by atoms with Crippen LogP contribution in [0, 0.1) is 5.82 Å². The second-order valence-electron chi connectivity index (χ2n) is 8.10. The highest BCUT2D eigenvalue weighted by molar-refractivity contribution is 7.92. The number of carbonyl (C=O) groups excluding carboxylic acids is 1. The second-order valence-corrected chi connectivity index (χ2v) is 9.85. The molecule has 2 aliphatic rings. The SMILES string of the molecule is CS(=O)(=O)Nc1ccc2c(c1)[C@@H]1C[C@H](CC(=O)NCc3ccccc3F)O[C@@H](CO)[C@@H]1O2. The molecule has 0 spiro atoms. The lowest BCUT2D eigenvalue weighted by atomic mass is 9.84. The van der Waals surface area contributed by atoms with E-state index in [-0.39, 0.29) is 37.2 Å². The van der Waals surface area contributed by atoms with E-state index in [1.165, 1.54) is 6.07 Å². The van der Waals surface area contributed by atoms with Gasteiger partial charge in [0.1, 0.15) is 23.8 Å². The van der Waals surface area contributed by atoms with Crippen molar-refractivity contribution in [2.24, 2.45) is 0 Å². The highest BCUT2D eigenvalue weighted by Crippen LogP contribution is 2.47. The summed E-state index contributed by atoms with van der Waals surface area (Å²) in [6.45, 7) is -0.211. The van der Waals surface area contributed by atoms with Crippen molar-refractivity contribution in [3.05, 3.63) is 59.4 Å². The lowest BCUT2D eigenvalue weighted by Crippen LogP contribution is -2.47. The van der Waals surface area contributed by atoms with Crippen molar-refractivity contribution in [1.29, 1.82) is 0 Å². The number of nitrogens with one attached hydrogen (secondary N) is 2. The number of aliphatic hydroxyl groups is 1. The van der Waals surface area contributed by atoms with Gasteiger partial charge in [0.2, 0.25) is 15.9 Å². The minimum atomic E-state index is -3.43. The predicted molar refractivity (Wildman–Crippen MR) is 115 cm³/mol. The van der Waals surface area contributed by atoms with E-state index in [4.69, 9.17) is 9.47 Å². The predicted octanol–water partition coefficient (Wildman–Crippen LogP) is 1.90. The first-order valence-corrected chi connectivity index (χ1v) is 12.2. The Morgan fingerprint density at radius 3 is 2.75 bits per heavy atom. The van der Waals surface area contributed by atoms with Crippen LogP contribution in [0.4, 0.5) is 10.1 Å². The lowest BCUT2D eigenvalue weighted by Gasteiger charge is -2.37. The quantitative estimate of drug-likeness (QED) is 0.577. The normalized spacial score (nSPS) is 24.2. The minimum Gasteiger partial charge on any atom is -0.487 e. The van der Waals surface area contributed by atoms with E-state index in [0.717, 1.165) is 11.8 Å². The Morgan fingerprint density at radius 1 is 1.25 bits per heavy atom. The zero-order chi connectivity index (χ0) is 22.9. The van der Waals surface area contributed by atoms with Crippen LogP contribution < -0.4 is 14.8 Å². The largest absolute Gasteiger partial charge is 0.487 e. The number of anilines is 1. The number of hydrogen-bond acceptors (Lipinski definition) is 6. The van der Waals surface area contributed by atoms with Crippen molar-refractivity contribution in [2.75, 3.05) is 17.6 Å². The van der Waals surface area contributed by atoms with Crippen LogP contribution in [0.5, 0.6) is 5.75 Å². The number of benzene rings is 2. The maximum Gasteiger partial charge on any atom is 0.229 e. The zero-order valence-electron chi connectivity index (χ0n) is 17.5. The smallest absolute Gasteiger partial charge is 0.229 e. The molecule has 1 saturated heterocycles. The first-order chi connectivity index (χ1) is 15.2. The molecule has 172 valence electrons. The number of carbonyl (C=O) groups is 1. The number of aliphatic hydroxyl groups excluding tert-OH is 1. The summed E-state index contributed by atoms with van der Waals surface area (Å²) in [5.74, 6) is -0.240. The van der Waals surface area contributed by atoms with Crippen molar-refractivity contribution in [3.8, 4) is 5.75 Å². The monoisotopic (exact) mass is 464 g/mol. The van der Waals surface area contributed by atoms with Gasteiger partial charge in [-0.25, -0.2) is 12.8 Å². The fourth-order valence-electron chi connectivity index (χ4n) is 4.28. The molecule has 2 heterocycles. The van der Waals surface area contributed by atoms with Gasteiger partial charge >= 0.3 is 0 Å². The van der Waals surface area contributed by atoms with Gasteiger partial charge < -0.3 is 19.9 Å². The van der Waals surface area contributed by atoms with Gasteiger partial charge in [0.25, 0.3) is 0 Å². The van der Waals surface area contributed by atoms with Gasteiger partial charge in [0, 0.05) is 29.3 Å². The number of amides is 1. The van der Waals surface area contributed by atoms with Gasteiger partial charge in [-0.3, -0.25) is 9.52 Å². The molecule has 4 rings (SSSR count). The Hall–Kier alpha value is -2.69. The maximum absolute atomic E-state index is 13.8. The van der Waals surface area contributed by atoms with Crippen LogP contribution in [0.3, 0.4) is 0 Å². The summed E-state index contributed by atoms with van der Waals surface area (Å²) in [6, 6.07) is 11.2. The molecule has 3 N–H and O–H groups in total. The third-order valence-corrected chi connectivity index (χ3v) is 6.26. The molecule has 4 atom stereocenters. The van der Waals surface area contributed by atoms with E-state index < -0.39 is 28.3 Å². The van der Waals surface area contributed by atoms with Crippen molar-refractivity contribution in [2.45, 2.75) is 43.6 Å². The van der Waals surface area contributed by atoms with Crippen molar-refractivity contribution in [3.63, 3.8) is 0 Å². The summed E-state index contributed by atoms with van der Waals surface area (Å²) < 4.78 is 51.2. The molecule has 1 amide bonds. The molecular weight excluding hydrogens is 439 g/mol. The molecule has 0 bridgehead atoms. The van der Waals surface area contributed by atoms with Crippen molar-refractivity contribution >= 4 is 21.6 Å². The standard InChI is InChI=1S/C22H25FN2O6S/c1-32(28,29)25-14-6-7-19-16(8-14)17-9-15(30-20(12-26)22(17)31-19)10-21(27)24-11-13-4-2-3-5-18(13)23/h2-8,15,17,20,22,25-26H,9-12H2,1H3,(H,24,27)/t15-,17+,20+,22-/m1/s1. The van der Waals surface area contributed by atoms with Crippen LogP contribution in [0.25, 0.3) is 0 Å². The van der Waals surface area contributed by atoms with Gasteiger partial charge in [0.05, 0.1) is 25.4 Å². The molecule has 0 saturated carbocycles. The number of rotatable bonds is 7. The Labute approximate surface area is 185 Å². The lowest BCUT2D eigenvalue weighted by molar-refractivity contribution is -0.142. The zero-order valence-corrected chi connectivity index (χ0v) is 18.3. The van der Waals surface area contributed by atoms with E-state index in [9.17, 15) is 22.7 Å². The second kappa shape index (κ2) is 9.05. The molecule has 32 heavy (non-hydrogen) atoms. The molecule has 2 aromatic rings. The average Bonchev–Trinajstić information content (AvgIpc) is 3.09. The van der Waals surface area contributed by atoms with Crippen LogP contribution >= 0.6 is 0 Å². The molecule has 0 aliphatic carbocycles. The summed E-state index contributed by atoms with van der Waals surface area (Å²) in [6.07, 6.45) is 0.0493. The van der Waals surface area contributed by atoms with Crippen LogP contribution in [-0.4, -0.2) is 50.6 Å². The molecular formula is C22H25FN2O6S. The molecule has 1 fully saturated rings. The highest BCUT2D eigenvalue weighted by Gasteiger charge is 2.46.